The first-order chi connectivity index (χ1) is 7.47. The molecule has 0 aromatic rings. The minimum absolute atomic E-state index is 0.554. The first-order valence-electron chi connectivity index (χ1n) is 3.91. The largest absolute Gasteiger partial charge is 0.488 e. The lowest BCUT2D eigenvalue weighted by molar-refractivity contribution is 0.224. The van der Waals surface area contributed by atoms with Gasteiger partial charge in [-0.3, -0.25) is 4.57 Å². The summed E-state index contributed by atoms with van der Waals surface area (Å²) >= 11 is 0. The smallest absolute Gasteiger partial charge is 0.321 e. The summed E-state index contributed by atoms with van der Waals surface area (Å²) in [5.74, 6) is 0.554. The van der Waals surface area contributed by atoms with Crippen LogP contribution >= 0.6 is 23.2 Å². The normalized spacial score (nSPS) is 20.5. The molecule has 0 spiro atoms. The Bertz CT molecular complexity index is 446. The van der Waals surface area contributed by atoms with E-state index in [1.54, 1.807) is 6.92 Å². The van der Waals surface area contributed by atoms with Gasteiger partial charge in [0.05, 0.1) is 0 Å². The van der Waals surface area contributed by atoms with E-state index in [4.69, 9.17) is 19.6 Å². The first-order valence-corrected chi connectivity index (χ1v) is 8.59. The Hall–Kier alpha value is -0.0700. The molecule has 0 radical (unpaired) electrons. The molecule has 9 nitrogen and oxygen atoms in total. The minimum atomic E-state index is -5.34. The van der Waals surface area contributed by atoms with Gasteiger partial charge in [0.2, 0.25) is 0 Å². The Labute approximate surface area is 96.8 Å². The highest BCUT2D eigenvalue weighted by Gasteiger charge is 2.38. The number of phosphoric acid groups is 2. The maximum absolute atomic E-state index is 11.1. The van der Waals surface area contributed by atoms with E-state index in [0.29, 0.717) is 5.82 Å². The summed E-state index contributed by atoms with van der Waals surface area (Å²) in [6.45, 7) is 1.61. The third-order valence-corrected chi connectivity index (χ3v) is 4.99. The highest BCUT2D eigenvalue weighted by Crippen LogP contribution is 2.66. The molecule has 12 heteroatoms. The maximum atomic E-state index is 11.1. The number of hydrogen-bond donors (Lipinski definition) is 4. The van der Waals surface area contributed by atoms with Crippen molar-refractivity contribution in [2.24, 2.45) is 0 Å². The second-order valence-electron chi connectivity index (χ2n) is 2.55. The van der Waals surface area contributed by atoms with Crippen LogP contribution in [-0.4, -0.2) is 19.6 Å². The van der Waals surface area contributed by atoms with Crippen LogP contribution < -0.4 is 0 Å². The first kappa shape index (κ1) is 16.9. The van der Waals surface area contributed by atoms with Gasteiger partial charge in [0.1, 0.15) is 0 Å². The summed E-state index contributed by atoms with van der Waals surface area (Å²) in [5, 5.41) is 0. The van der Waals surface area contributed by atoms with Crippen molar-refractivity contribution < 1.29 is 41.9 Å². The van der Waals surface area contributed by atoms with Crippen molar-refractivity contribution in [3.63, 3.8) is 0 Å². The SMILES string of the molecule is CC=CC=CP(=O)(O)OP(=O)(O)OP(=O)(O)O. The summed E-state index contributed by atoms with van der Waals surface area (Å²) in [6, 6.07) is 0. The van der Waals surface area contributed by atoms with Crippen LogP contribution in [0.25, 0.3) is 0 Å². The minimum Gasteiger partial charge on any atom is -0.321 e. The van der Waals surface area contributed by atoms with Crippen LogP contribution in [0.1, 0.15) is 6.92 Å². The molecule has 0 heterocycles. The van der Waals surface area contributed by atoms with Gasteiger partial charge >= 0.3 is 23.2 Å². The van der Waals surface area contributed by atoms with Crippen molar-refractivity contribution in [1.29, 1.82) is 0 Å². The van der Waals surface area contributed by atoms with Gasteiger partial charge in [-0.25, -0.2) is 13.4 Å². The maximum Gasteiger partial charge on any atom is 0.488 e. The predicted molar refractivity (Wildman–Crippen MR) is 57.8 cm³/mol. The van der Waals surface area contributed by atoms with Crippen molar-refractivity contribution in [2.75, 3.05) is 0 Å². The third kappa shape index (κ3) is 9.62. The van der Waals surface area contributed by atoms with Crippen LogP contribution in [-0.2, 0) is 22.3 Å². The van der Waals surface area contributed by atoms with E-state index < -0.39 is 23.2 Å². The van der Waals surface area contributed by atoms with E-state index in [9.17, 15) is 13.7 Å². The fraction of sp³-hybridized carbons (Fsp3) is 0.200. The Morgan fingerprint density at radius 2 is 1.47 bits per heavy atom. The van der Waals surface area contributed by atoms with Crippen molar-refractivity contribution in [1.82, 2.24) is 0 Å². The lowest BCUT2D eigenvalue weighted by Crippen LogP contribution is -1.91. The fourth-order valence-corrected chi connectivity index (χ4v) is 3.77. The number of allylic oxidation sites excluding steroid dienone is 3. The van der Waals surface area contributed by atoms with E-state index in [2.05, 4.69) is 8.62 Å². The topological polar surface area (TPSA) is 151 Å². The fourth-order valence-electron chi connectivity index (χ4n) is 0.594. The lowest BCUT2D eigenvalue weighted by atomic mass is 10.5. The van der Waals surface area contributed by atoms with E-state index in [1.165, 1.54) is 12.2 Å². The molecule has 4 N–H and O–H groups in total. The van der Waals surface area contributed by atoms with Crippen LogP contribution in [0, 0.1) is 0 Å². The molecular weight excluding hydrogens is 297 g/mol. The van der Waals surface area contributed by atoms with Gasteiger partial charge < -0.3 is 19.6 Å². The molecule has 0 aliphatic rings. The van der Waals surface area contributed by atoms with Gasteiger partial charge in [-0.05, 0) is 6.92 Å². The Kier molecular flexibility index (Phi) is 6.18. The molecular formula is C5H11O9P3. The Balaban J connectivity index is 4.77. The second-order valence-corrected chi connectivity index (χ2v) is 7.20. The van der Waals surface area contributed by atoms with Gasteiger partial charge in [0.15, 0.2) is 0 Å². The number of rotatable bonds is 6. The predicted octanol–water partition coefficient (Wildman–Crippen LogP) is 1.49. The Morgan fingerprint density at radius 3 is 1.88 bits per heavy atom. The molecule has 0 aliphatic carbocycles. The van der Waals surface area contributed by atoms with Crippen molar-refractivity contribution in [3.8, 4) is 0 Å². The molecule has 0 saturated heterocycles. The second kappa shape index (κ2) is 6.20. The lowest BCUT2D eigenvalue weighted by Gasteiger charge is -2.13. The molecule has 0 aromatic carbocycles. The molecule has 0 bridgehead atoms. The molecule has 0 aromatic heterocycles. The summed E-state index contributed by atoms with van der Waals surface area (Å²) in [4.78, 5) is 34.3. The van der Waals surface area contributed by atoms with Crippen molar-refractivity contribution in [2.45, 2.75) is 6.92 Å². The van der Waals surface area contributed by atoms with Crippen molar-refractivity contribution in [3.05, 3.63) is 24.0 Å². The molecule has 0 amide bonds. The molecule has 2 unspecified atom stereocenters. The molecule has 17 heavy (non-hydrogen) atoms. The average molecular weight is 308 g/mol. The van der Waals surface area contributed by atoms with Gasteiger partial charge in [-0.15, -0.1) is 0 Å². The molecule has 2 atom stereocenters. The Morgan fingerprint density at radius 1 is 0.941 bits per heavy atom. The van der Waals surface area contributed by atoms with E-state index >= 15 is 0 Å². The third-order valence-electron chi connectivity index (χ3n) is 1.01. The van der Waals surface area contributed by atoms with Crippen molar-refractivity contribution >= 4 is 23.2 Å². The monoisotopic (exact) mass is 308 g/mol. The van der Waals surface area contributed by atoms with Crippen LogP contribution in [0.2, 0.25) is 0 Å². The van der Waals surface area contributed by atoms with Gasteiger partial charge in [-0.2, -0.15) is 4.31 Å². The molecule has 0 saturated carbocycles. The van der Waals surface area contributed by atoms with Crippen LogP contribution in [0.15, 0.2) is 24.0 Å². The van der Waals surface area contributed by atoms with Gasteiger partial charge in [-0.1, -0.05) is 18.2 Å². The average Bonchev–Trinajstić information content (AvgIpc) is 1.96. The highest BCUT2D eigenvalue weighted by molar-refractivity contribution is 7.69. The van der Waals surface area contributed by atoms with E-state index in [-0.39, 0.29) is 0 Å². The zero-order chi connectivity index (χ0) is 13.7. The summed E-state index contributed by atoms with van der Waals surface area (Å²) in [7, 11) is -15.3. The quantitative estimate of drug-likeness (QED) is 0.422. The summed E-state index contributed by atoms with van der Waals surface area (Å²) < 4.78 is 39.4. The van der Waals surface area contributed by atoms with Gasteiger partial charge in [0.25, 0.3) is 0 Å². The zero-order valence-electron chi connectivity index (χ0n) is 8.48. The number of hydrogen-bond acceptors (Lipinski definition) is 5. The van der Waals surface area contributed by atoms with Crippen LogP contribution in [0.4, 0.5) is 0 Å². The molecule has 0 aliphatic heterocycles. The summed E-state index contributed by atoms with van der Waals surface area (Å²) in [5.41, 5.74) is 0. The summed E-state index contributed by atoms with van der Waals surface area (Å²) in [6.07, 6.45) is 3.89. The highest BCUT2D eigenvalue weighted by atomic mass is 31.3. The molecule has 0 fully saturated rings. The van der Waals surface area contributed by atoms with Crippen LogP contribution in [0.5, 0.6) is 0 Å². The standard InChI is InChI=1S/C5H11O9P3/c1-2-3-4-5-15(6,7)13-17(11,12)14-16(8,9)10/h2-5H,1H3,(H,6,7)(H,11,12)(H2,8,9,10). The zero-order valence-corrected chi connectivity index (χ0v) is 11.2. The van der Waals surface area contributed by atoms with Gasteiger partial charge in [0, 0.05) is 5.82 Å². The van der Waals surface area contributed by atoms with E-state index in [1.807, 2.05) is 0 Å². The van der Waals surface area contributed by atoms with Crippen LogP contribution in [0.3, 0.4) is 0 Å². The molecule has 0 rings (SSSR count). The van der Waals surface area contributed by atoms with E-state index in [0.717, 1.165) is 6.08 Å². The molecule has 100 valence electrons.